The van der Waals surface area contributed by atoms with Crippen LogP contribution in [0.25, 0.3) is 10.8 Å². The Morgan fingerprint density at radius 2 is 1.52 bits per heavy atom. The number of hydrogen-bond donors (Lipinski definition) is 1. The number of carbonyl (C=O) groups excluding carboxylic acids is 1. The lowest BCUT2D eigenvalue weighted by Crippen LogP contribution is -2.38. The van der Waals surface area contributed by atoms with Gasteiger partial charge in [0.05, 0.1) is 6.42 Å². The Bertz CT molecular complexity index is 869. The van der Waals surface area contributed by atoms with Crippen molar-refractivity contribution in [1.82, 2.24) is 5.32 Å². The number of rotatable bonds is 4. The minimum Gasteiger partial charge on any atom is -0.341 e. The predicted molar refractivity (Wildman–Crippen MR) is 91.0 cm³/mol. The van der Waals surface area contributed by atoms with Crippen LogP contribution in [-0.2, 0) is 11.2 Å². The third-order valence-electron chi connectivity index (χ3n) is 4.00. The topological polar surface area (TPSA) is 29.1 Å². The van der Waals surface area contributed by atoms with Gasteiger partial charge in [0.15, 0.2) is 6.04 Å². The van der Waals surface area contributed by atoms with Gasteiger partial charge in [-0.15, -0.1) is 0 Å². The number of amides is 1. The van der Waals surface area contributed by atoms with Gasteiger partial charge >= 0.3 is 6.18 Å². The summed E-state index contributed by atoms with van der Waals surface area (Å²) in [6.07, 6.45) is -4.67. The van der Waals surface area contributed by atoms with Crippen LogP contribution in [0.3, 0.4) is 0 Å². The van der Waals surface area contributed by atoms with Gasteiger partial charge < -0.3 is 5.32 Å². The van der Waals surface area contributed by atoms with Crippen molar-refractivity contribution in [2.75, 3.05) is 0 Å². The van der Waals surface area contributed by atoms with Crippen molar-refractivity contribution < 1.29 is 18.0 Å². The van der Waals surface area contributed by atoms with E-state index in [4.69, 9.17) is 0 Å². The molecular formula is C20H16F3NO. The quantitative estimate of drug-likeness (QED) is 0.724. The number of carbonyl (C=O) groups is 1. The molecule has 1 atom stereocenters. The van der Waals surface area contributed by atoms with Gasteiger partial charge in [-0.1, -0.05) is 72.8 Å². The number of alkyl halides is 3. The van der Waals surface area contributed by atoms with Gasteiger partial charge in [0.2, 0.25) is 5.91 Å². The second kappa shape index (κ2) is 6.97. The standard InChI is InChI=1S/C20H16F3NO/c21-20(22,23)19(15-8-2-1-3-9-15)24-18(25)13-16-11-6-10-14-7-4-5-12-17(14)16/h1-12,19H,13H2,(H,24,25). The number of hydrogen-bond acceptors (Lipinski definition) is 1. The summed E-state index contributed by atoms with van der Waals surface area (Å²) in [5.41, 5.74) is 0.714. The molecule has 0 bridgehead atoms. The lowest BCUT2D eigenvalue weighted by molar-refractivity contribution is -0.163. The van der Waals surface area contributed by atoms with Gasteiger partial charge in [0.1, 0.15) is 0 Å². The van der Waals surface area contributed by atoms with E-state index in [1.54, 1.807) is 18.2 Å². The van der Waals surface area contributed by atoms with Crippen LogP contribution in [0.1, 0.15) is 17.2 Å². The van der Waals surface area contributed by atoms with Crippen molar-refractivity contribution >= 4 is 16.7 Å². The van der Waals surface area contributed by atoms with Gasteiger partial charge in [-0.3, -0.25) is 4.79 Å². The molecule has 128 valence electrons. The monoisotopic (exact) mass is 343 g/mol. The molecule has 0 aliphatic rings. The smallest absolute Gasteiger partial charge is 0.341 e. The van der Waals surface area contributed by atoms with Gasteiger partial charge in [0.25, 0.3) is 0 Å². The molecule has 1 amide bonds. The Labute approximate surface area is 143 Å². The summed E-state index contributed by atoms with van der Waals surface area (Å²) >= 11 is 0. The van der Waals surface area contributed by atoms with Crippen molar-refractivity contribution in [2.45, 2.75) is 18.6 Å². The lowest BCUT2D eigenvalue weighted by Gasteiger charge is -2.22. The third kappa shape index (κ3) is 3.99. The van der Waals surface area contributed by atoms with E-state index in [1.165, 1.54) is 24.3 Å². The molecule has 0 radical (unpaired) electrons. The minimum atomic E-state index is -4.56. The van der Waals surface area contributed by atoms with Crippen LogP contribution in [0, 0.1) is 0 Å². The van der Waals surface area contributed by atoms with Crippen LogP contribution in [0.2, 0.25) is 0 Å². The number of nitrogens with one attached hydrogen (secondary N) is 1. The first-order valence-corrected chi connectivity index (χ1v) is 7.83. The van der Waals surface area contributed by atoms with E-state index < -0.39 is 18.1 Å². The molecule has 0 spiro atoms. The molecule has 0 aromatic heterocycles. The van der Waals surface area contributed by atoms with E-state index in [1.807, 2.05) is 30.3 Å². The largest absolute Gasteiger partial charge is 0.412 e. The highest BCUT2D eigenvalue weighted by Gasteiger charge is 2.41. The highest BCUT2D eigenvalue weighted by atomic mass is 19.4. The van der Waals surface area contributed by atoms with Crippen LogP contribution >= 0.6 is 0 Å². The molecule has 3 aromatic rings. The normalized spacial score (nSPS) is 12.8. The fourth-order valence-corrected chi connectivity index (χ4v) is 2.83. The van der Waals surface area contributed by atoms with E-state index in [9.17, 15) is 18.0 Å². The number of halogens is 3. The average molecular weight is 343 g/mol. The Kier molecular flexibility index (Phi) is 4.74. The van der Waals surface area contributed by atoms with Crippen molar-refractivity contribution in [1.29, 1.82) is 0 Å². The summed E-state index contributed by atoms with van der Waals surface area (Å²) in [5, 5.41) is 3.93. The zero-order chi connectivity index (χ0) is 17.9. The maximum absolute atomic E-state index is 13.3. The molecule has 0 heterocycles. The lowest BCUT2D eigenvalue weighted by atomic mass is 10.0. The van der Waals surface area contributed by atoms with Gasteiger partial charge in [-0.05, 0) is 21.9 Å². The Morgan fingerprint density at radius 1 is 0.880 bits per heavy atom. The highest BCUT2D eigenvalue weighted by molar-refractivity contribution is 5.90. The van der Waals surface area contributed by atoms with Gasteiger partial charge in [0, 0.05) is 0 Å². The summed E-state index contributed by atoms with van der Waals surface area (Å²) in [6.45, 7) is 0. The molecule has 2 nitrogen and oxygen atoms in total. The summed E-state index contributed by atoms with van der Waals surface area (Å²) in [4.78, 5) is 12.3. The summed E-state index contributed by atoms with van der Waals surface area (Å²) in [5.74, 6) is -0.664. The van der Waals surface area contributed by atoms with Crippen LogP contribution in [-0.4, -0.2) is 12.1 Å². The molecule has 1 N–H and O–H groups in total. The van der Waals surface area contributed by atoms with Crippen molar-refractivity contribution in [3.63, 3.8) is 0 Å². The van der Waals surface area contributed by atoms with Gasteiger partial charge in [-0.25, -0.2) is 0 Å². The van der Waals surface area contributed by atoms with E-state index in [-0.39, 0.29) is 12.0 Å². The molecule has 5 heteroatoms. The molecule has 25 heavy (non-hydrogen) atoms. The number of fused-ring (bicyclic) bond motifs is 1. The minimum absolute atomic E-state index is 0.0151. The van der Waals surface area contributed by atoms with Crippen molar-refractivity contribution in [3.8, 4) is 0 Å². The molecule has 0 saturated heterocycles. The molecule has 0 aliphatic heterocycles. The van der Waals surface area contributed by atoms with E-state index in [2.05, 4.69) is 5.32 Å². The Morgan fingerprint density at radius 3 is 2.24 bits per heavy atom. The average Bonchev–Trinajstić information content (AvgIpc) is 2.60. The number of benzene rings is 3. The van der Waals surface area contributed by atoms with Crippen molar-refractivity contribution in [3.05, 3.63) is 83.9 Å². The Hall–Kier alpha value is -2.82. The summed E-state index contributed by atoms with van der Waals surface area (Å²) in [7, 11) is 0. The van der Waals surface area contributed by atoms with Crippen LogP contribution in [0.15, 0.2) is 72.8 Å². The van der Waals surface area contributed by atoms with E-state index in [0.29, 0.717) is 5.56 Å². The fourth-order valence-electron chi connectivity index (χ4n) is 2.83. The Balaban J connectivity index is 1.82. The molecule has 3 aromatic carbocycles. The molecular weight excluding hydrogens is 327 g/mol. The first kappa shape index (κ1) is 17.0. The zero-order valence-electron chi connectivity index (χ0n) is 13.3. The maximum Gasteiger partial charge on any atom is 0.412 e. The second-order valence-electron chi connectivity index (χ2n) is 5.77. The first-order chi connectivity index (χ1) is 11.9. The summed E-state index contributed by atoms with van der Waals surface area (Å²) in [6, 6.07) is 18.3. The second-order valence-corrected chi connectivity index (χ2v) is 5.77. The van der Waals surface area contributed by atoms with Gasteiger partial charge in [-0.2, -0.15) is 13.2 Å². The molecule has 0 fully saturated rings. The molecule has 0 saturated carbocycles. The van der Waals surface area contributed by atoms with E-state index >= 15 is 0 Å². The van der Waals surface area contributed by atoms with Crippen LogP contribution < -0.4 is 5.32 Å². The zero-order valence-corrected chi connectivity index (χ0v) is 13.3. The van der Waals surface area contributed by atoms with Crippen LogP contribution in [0.5, 0.6) is 0 Å². The van der Waals surface area contributed by atoms with Crippen LogP contribution in [0.4, 0.5) is 13.2 Å². The van der Waals surface area contributed by atoms with Crippen molar-refractivity contribution in [2.24, 2.45) is 0 Å². The maximum atomic E-state index is 13.3. The fraction of sp³-hybridized carbons (Fsp3) is 0.150. The highest BCUT2D eigenvalue weighted by Crippen LogP contribution is 2.32. The SMILES string of the molecule is O=C(Cc1cccc2ccccc12)NC(c1ccccc1)C(F)(F)F. The van der Waals surface area contributed by atoms with E-state index in [0.717, 1.165) is 10.8 Å². The third-order valence-corrected chi connectivity index (χ3v) is 4.00. The molecule has 3 rings (SSSR count). The summed E-state index contributed by atoms with van der Waals surface area (Å²) < 4.78 is 40.0. The first-order valence-electron chi connectivity index (χ1n) is 7.83. The predicted octanol–water partition coefficient (Wildman–Crippen LogP) is 4.80. The molecule has 0 aliphatic carbocycles. The molecule has 1 unspecified atom stereocenters.